The number of fused-ring (bicyclic) bond motifs is 3. The van der Waals surface area contributed by atoms with Crippen LogP contribution in [-0.4, -0.2) is 26.1 Å². The van der Waals surface area contributed by atoms with E-state index < -0.39 is 0 Å². The van der Waals surface area contributed by atoms with Gasteiger partial charge in [-0.15, -0.1) is 23.1 Å². The summed E-state index contributed by atoms with van der Waals surface area (Å²) in [5.74, 6) is 1.06. The van der Waals surface area contributed by atoms with Gasteiger partial charge in [-0.2, -0.15) is 0 Å². The van der Waals surface area contributed by atoms with Crippen LogP contribution in [0.2, 0.25) is 0 Å². The fraction of sp³-hybridized carbons (Fsp3) is 0.429. The summed E-state index contributed by atoms with van der Waals surface area (Å²) < 4.78 is 0. The molecule has 2 atom stereocenters. The largest absolute Gasteiger partial charge is 0.347 e. The lowest BCUT2D eigenvalue weighted by atomic mass is 9.97. The number of aromatic nitrogens is 3. The number of hydrogen-bond donors (Lipinski definition) is 2. The molecule has 0 bridgehead atoms. The first-order valence-electron chi connectivity index (χ1n) is 9.89. The number of pyridine rings is 1. The van der Waals surface area contributed by atoms with E-state index in [0.29, 0.717) is 11.6 Å². The van der Waals surface area contributed by atoms with Crippen LogP contribution in [0.4, 0.5) is 0 Å². The maximum absolute atomic E-state index is 12.6. The normalized spacial score (nSPS) is 15.7. The van der Waals surface area contributed by atoms with Crippen LogP contribution in [-0.2, 0) is 23.4 Å². The molecule has 0 aliphatic heterocycles. The van der Waals surface area contributed by atoms with Crippen molar-refractivity contribution in [2.45, 2.75) is 56.6 Å². The molecule has 0 saturated heterocycles. The minimum Gasteiger partial charge on any atom is -0.347 e. The lowest BCUT2D eigenvalue weighted by Crippen LogP contribution is -2.33. The predicted molar refractivity (Wildman–Crippen MR) is 118 cm³/mol. The van der Waals surface area contributed by atoms with E-state index in [4.69, 9.17) is 0 Å². The maximum Gasteiger partial charge on any atom is 0.259 e. The van der Waals surface area contributed by atoms with E-state index in [1.54, 1.807) is 17.5 Å². The molecule has 3 heterocycles. The Bertz CT molecular complexity index is 1080. The number of rotatable bonds is 6. The molecule has 4 rings (SSSR count). The first kappa shape index (κ1) is 20.1. The Morgan fingerprint density at radius 2 is 2.14 bits per heavy atom. The summed E-state index contributed by atoms with van der Waals surface area (Å²) in [6.07, 6.45) is 6.06. The van der Waals surface area contributed by atoms with Crippen molar-refractivity contribution in [1.29, 1.82) is 0 Å². The smallest absolute Gasteiger partial charge is 0.259 e. The number of nitrogens with zero attached hydrogens (tertiary/aromatic N) is 2. The number of hydrogen-bond acceptors (Lipinski definition) is 6. The van der Waals surface area contributed by atoms with Crippen molar-refractivity contribution in [2.24, 2.45) is 0 Å². The van der Waals surface area contributed by atoms with Gasteiger partial charge in [0.15, 0.2) is 0 Å². The fourth-order valence-electron chi connectivity index (χ4n) is 3.59. The van der Waals surface area contributed by atoms with Crippen molar-refractivity contribution in [3.05, 3.63) is 56.7 Å². The molecule has 3 aromatic heterocycles. The second kappa shape index (κ2) is 8.67. The molecule has 1 amide bonds. The molecule has 1 aliphatic carbocycles. The summed E-state index contributed by atoms with van der Waals surface area (Å²) >= 11 is 3.11. The number of nitrogens with one attached hydrogen (secondary N) is 2. The molecule has 6 nitrogen and oxygen atoms in total. The highest BCUT2D eigenvalue weighted by Gasteiger charge is 2.21. The zero-order valence-electron chi connectivity index (χ0n) is 16.5. The highest BCUT2D eigenvalue weighted by Crippen LogP contribution is 2.33. The Balaban J connectivity index is 1.41. The number of aryl methyl sites for hydroxylation is 2. The molecule has 2 N–H and O–H groups in total. The molecule has 0 fully saturated rings. The van der Waals surface area contributed by atoms with Crippen molar-refractivity contribution in [1.82, 2.24) is 20.3 Å². The Morgan fingerprint density at radius 1 is 1.31 bits per heavy atom. The van der Waals surface area contributed by atoms with E-state index in [0.717, 1.165) is 35.2 Å². The van der Waals surface area contributed by atoms with Crippen LogP contribution >= 0.6 is 23.1 Å². The van der Waals surface area contributed by atoms with Gasteiger partial charge in [0.1, 0.15) is 10.7 Å². The molecule has 29 heavy (non-hydrogen) atoms. The first-order valence-corrected chi connectivity index (χ1v) is 11.8. The van der Waals surface area contributed by atoms with Gasteiger partial charge in [-0.1, -0.05) is 6.07 Å². The molecule has 0 spiro atoms. The summed E-state index contributed by atoms with van der Waals surface area (Å²) in [7, 11) is 0. The van der Waals surface area contributed by atoms with Crippen molar-refractivity contribution in [2.75, 3.05) is 0 Å². The van der Waals surface area contributed by atoms with Crippen molar-refractivity contribution in [3.63, 3.8) is 0 Å². The van der Waals surface area contributed by atoms with E-state index >= 15 is 0 Å². The number of thiophene rings is 1. The predicted octanol–water partition coefficient (Wildman–Crippen LogP) is 3.76. The SMILES string of the molecule is CC(SCc1nc2sc3c(c2c(=O)[nH]1)CCCC3)C(=O)NC(C)c1ccccn1. The van der Waals surface area contributed by atoms with Gasteiger partial charge < -0.3 is 10.3 Å². The summed E-state index contributed by atoms with van der Waals surface area (Å²) in [6.45, 7) is 3.79. The molecule has 2 unspecified atom stereocenters. The average molecular weight is 429 g/mol. The number of carbonyl (C=O) groups is 1. The Labute approximate surface area is 177 Å². The zero-order chi connectivity index (χ0) is 20.4. The van der Waals surface area contributed by atoms with E-state index in [-0.39, 0.29) is 22.8 Å². The number of amides is 1. The Hall–Kier alpha value is -2.19. The molecular weight excluding hydrogens is 404 g/mol. The standard InChI is InChI=1S/C21H24N4O2S2/c1-12(15-8-5-6-10-22-15)23-19(26)13(2)28-11-17-24-20(27)18-14-7-3-4-9-16(14)29-21(18)25-17/h5-6,8,10,12-13H,3-4,7,9,11H2,1-2H3,(H,23,26)(H,24,25,27). The van der Waals surface area contributed by atoms with Gasteiger partial charge in [0.25, 0.3) is 5.56 Å². The van der Waals surface area contributed by atoms with Crippen LogP contribution in [0.3, 0.4) is 0 Å². The first-order chi connectivity index (χ1) is 14.0. The van der Waals surface area contributed by atoms with Gasteiger partial charge in [0.2, 0.25) is 5.91 Å². The summed E-state index contributed by atoms with van der Waals surface area (Å²) in [5.41, 5.74) is 1.97. The van der Waals surface area contributed by atoms with Crippen LogP contribution in [0, 0.1) is 0 Å². The van der Waals surface area contributed by atoms with Crippen molar-refractivity contribution in [3.8, 4) is 0 Å². The second-order valence-electron chi connectivity index (χ2n) is 7.34. The maximum atomic E-state index is 12.6. The molecular formula is C21H24N4O2S2. The summed E-state index contributed by atoms with van der Waals surface area (Å²) in [6, 6.07) is 5.50. The van der Waals surface area contributed by atoms with Gasteiger partial charge in [-0.3, -0.25) is 14.6 Å². The lowest BCUT2D eigenvalue weighted by Gasteiger charge is -2.17. The molecule has 152 valence electrons. The molecule has 0 aromatic carbocycles. The third-order valence-corrected chi connectivity index (χ3v) is 7.54. The molecule has 3 aromatic rings. The number of aromatic amines is 1. The van der Waals surface area contributed by atoms with Crippen molar-refractivity contribution < 1.29 is 4.79 Å². The van der Waals surface area contributed by atoms with Crippen LogP contribution in [0.25, 0.3) is 10.2 Å². The second-order valence-corrected chi connectivity index (χ2v) is 9.75. The average Bonchev–Trinajstić information content (AvgIpc) is 3.11. The Morgan fingerprint density at radius 3 is 2.93 bits per heavy atom. The minimum absolute atomic E-state index is 0.0501. The minimum atomic E-state index is -0.265. The Kier molecular flexibility index (Phi) is 6.01. The lowest BCUT2D eigenvalue weighted by molar-refractivity contribution is -0.120. The van der Waals surface area contributed by atoms with Gasteiger partial charge in [0, 0.05) is 11.1 Å². The number of thioether (sulfide) groups is 1. The van der Waals surface area contributed by atoms with Crippen LogP contribution in [0.5, 0.6) is 0 Å². The number of carbonyl (C=O) groups excluding carboxylic acids is 1. The topological polar surface area (TPSA) is 87.7 Å². The molecule has 0 saturated carbocycles. The summed E-state index contributed by atoms with van der Waals surface area (Å²) in [4.78, 5) is 39.2. The monoisotopic (exact) mass is 428 g/mol. The van der Waals surface area contributed by atoms with Gasteiger partial charge in [-0.25, -0.2) is 4.98 Å². The quantitative estimate of drug-likeness (QED) is 0.624. The van der Waals surface area contributed by atoms with Crippen LogP contribution < -0.4 is 10.9 Å². The van der Waals surface area contributed by atoms with Gasteiger partial charge >= 0.3 is 0 Å². The molecule has 0 radical (unpaired) electrons. The highest BCUT2D eigenvalue weighted by atomic mass is 32.2. The zero-order valence-corrected chi connectivity index (χ0v) is 18.2. The van der Waals surface area contributed by atoms with Gasteiger partial charge in [0.05, 0.1) is 28.1 Å². The fourth-order valence-corrected chi connectivity index (χ4v) is 5.64. The van der Waals surface area contributed by atoms with Crippen LogP contribution in [0.15, 0.2) is 29.2 Å². The van der Waals surface area contributed by atoms with E-state index in [1.807, 2.05) is 32.0 Å². The van der Waals surface area contributed by atoms with Gasteiger partial charge in [-0.05, 0) is 57.2 Å². The van der Waals surface area contributed by atoms with E-state index in [1.165, 1.54) is 28.6 Å². The van der Waals surface area contributed by atoms with Crippen molar-refractivity contribution >= 4 is 39.2 Å². The molecule has 8 heteroatoms. The summed E-state index contributed by atoms with van der Waals surface area (Å²) in [5, 5.41) is 3.50. The number of H-pyrrole nitrogens is 1. The van der Waals surface area contributed by atoms with E-state index in [9.17, 15) is 9.59 Å². The van der Waals surface area contributed by atoms with E-state index in [2.05, 4.69) is 20.3 Å². The third kappa shape index (κ3) is 4.38. The highest BCUT2D eigenvalue weighted by molar-refractivity contribution is 7.99. The van der Waals surface area contributed by atoms with Crippen LogP contribution in [0.1, 0.15) is 54.7 Å². The molecule has 1 aliphatic rings. The third-order valence-electron chi connectivity index (χ3n) is 5.20.